The number of H-pyrrole nitrogens is 1. The third kappa shape index (κ3) is 4.41. The lowest BCUT2D eigenvalue weighted by Crippen LogP contribution is -2.24. The van der Waals surface area contributed by atoms with Crippen LogP contribution in [0.3, 0.4) is 0 Å². The zero-order chi connectivity index (χ0) is 20.2. The molecule has 7 nitrogen and oxygen atoms in total. The monoisotopic (exact) mass is 424 g/mol. The van der Waals surface area contributed by atoms with Crippen LogP contribution in [0.4, 0.5) is 0 Å². The smallest absolute Gasteiger partial charge is 0.251 e. The number of imidazole rings is 1. The Morgan fingerprint density at radius 3 is 2.83 bits per heavy atom. The first-order valence-electron chi connectivity index (χ1n) is 9.22. The Balaban J connectivity index is 1.34. The molecule has 0 saturated heterocycles. The number of nitrogens with one attached hydrogen (secondary N) is 2. The van der Waals surface area contributed by atoms with Crippen LogP contribution < -0.4 is 5.32 Å². The Kier molecular flexibility index (Phi) is 5.77. The molecule has 0 radical (unpaired) electrons. The van der Waals surface area contributed by atoms with Crippen molar-refractivity contribution < 1.29 is 4.79 Å². The molecule has 0 fully saturated rings. The first-order chi connectivity index (χ1) is 14.1. The summed E-state index contributed by atoms with van der Waals surface area (Å²) in [5.41, 5.74) is 2.58. The predicted molar refractivity (Wildman–Crippen MR) is 115 cm³/mol. The summed E-state index contributed by atoms with van der Waals surface area (Å²) in [6.45, 7) is 3.02. The van der Waals surface area contributed by atoms with E-state index in [1.165, 1.54) is 0 Å². The molecule has 4 rings (SSSR count). The molecular weight excluding hydrogens is 404 g/mol. The van der Waals surface area contributed by atoms with Crippen LogP contribution in [0, 0.1) is 4.77 Å². The molecule has 3 heterocycles. The number of pyridine rings is 1. The lowest BCUT2D eigenvalue weighted by molar-refractivity contribution is 0.0949. The summed E-state index contributed by atoms with van der Waals surface area (Å²) in [7, 11) is 0. The number of fused-ring (bicyclic) bond motifs is 1. The van der Waals surface area contributed by atoms with Gasteiger partial charge in [0.1, 0.15) is 5.65 Å². The number of aromatic amines is 1. The maximum absolute atomic E-state index is 12.4. The zero-order valence-corrected chi connectivity index (χ0v) is 17.5. The molecule has 0 aliphatic carbocycles. The van der Waals surface area contributed by atoms with Crippen LogP contribution in [-0.4, -0.2) is 30.1 Å². The highest BCUT2D eigenvalue weighted by Crippen LogP contribution is 2.23. The molecule has 9 heteroatoms. The van der Waals surface area contributed by atoms with Crippen molar-refractivity contribution in [1.29, 1.82) is 0 Å². The SMILES string of the molecule is CCn1c(CNC(=O)c2ccc(SCc3cn4ccccc4n3)cc2)n[nH]c1=S. The van der Waals surface area contributed by atoms with Crippen LogP contribution in [0.15, 0.2) is 59.8 Å². The second kappa shape index (κ2) is 8.62. The first-order valence-corrected chi connectivity index (χ1v) is 10.6. The van der Waals surface area contributed by atoms with Gasteiger partial charge in [-0.3, -0.25) is 9.89 Å². The number of hydrogen-bond acceptors (Lipinski definition) is 5. The van der Waals surface area contributed by atoms with Crippen molar-refractivity contribution in [3.8, 4) is 0 Å². The van der Waals surface area contributed by atoms with E-state index in [1.807, 2.05) is 70.7 Å². The third-order valence-electron chi connectivity index (χ3n) is 4.48. The maximum atomic E-state index is 12.4. The summed E-state index contributed by atoms with van der Waals surface area (Å²) in [6, 6.07) is 13.5. The van der Waals surface area contributed by atoms with E-state index < -0.39 is 0 Å². The summed E-state index contributed by atoms with van der Waals surface area (Å²) in [4.78, 5) is 18.1. The van der Waals surface area contributed by atoms with E-state index in [9.17, 15) is 4.79 Å². The molecule has 148 valence electrons. The number of rotatable bonds is 7. The number of amides is 1. The molecule has 1 aromatic carbocycles. The van der Waals surface area contributed by atoms with Gasteiger partial charge in [-0.1, -0.05) is 6.07 Å². The summed E-state index contributed by atoms with van der Waals surface area (Å²) in [6.07, 6.45) is 4.03. The van der Waals surface area contributed by atoms with Gasteiger partial charge in [0.15, 0.2) is 10.6 Å². The lowest BCUT2D eigenvalue weighted by Gasteiger charge is -2.07. The summed E-state index contributed by atoms with van der Waals surface area (Å²) < 4.78 is 4.43. The van der Waals surface area contributed by atoms with E-state index in [0.717, 1.165) is 22.0 Å². The average Bonchev–Trinajstić information content (AvgIpc) is 3.33. The summed E-state index contributed by atoms with van der Waals surface area (Å²) >= 11 is 6.85. The first kappa shape index (κ1) is 19.4. The number of nitrogens with zero attached hydrogens (tertiary/aromatic N) is 4. The van der Waals surface area contributed by atoms with Gasteiger partial charge < -0.3 is 14.3 Å². The number of carbonyl (C=O) groups excluding carboxylic acids is 1. The Hall–Kier alpha value is -2.91. The van der Waals surface area contributed by atoms with Crippen LogP contribution >= 0.6 is 24.0 Å². The number of carbonyl (C=O) groups is 1. The van der Waals surface area contributed by atoms with Crippen LogP contribution in [0.5, 0.6) is 0 Å². The molecule has 0 bridgehead atoms. The van der Waals surface area contributed by atoms with Gasteiger partial charge in [-0.15, -0.1) is 11.8 Å². The molecule has 29 heavy (non-hydrogen) atoms. The van der Waals surface area contributed by atoms with Gasteiger partial charge in [0, 0.05) is 35.2 Å². The van der Waals surface area contributed by atoms with Crippen LogP contribution in [0.2, 0.25) is 0 Å². The van der Waals surface area contributed by atoms with E-state index in [1.54, 1.807) is 11.8 Å². The zero-order valence-electron chi connectivity index (χ0n) is 15.8. The van der Waals surface area contributed by atoms with E-state index >= 15 is 0 Å². The van der Waals surface area contributed by atoms with Crippen molar-refractivity contribution in [2.75, 3.05) is 0 Å². The van der Waals surface area contributed by atoms with Crippen LogP contribution in [-0.2, 0) is 18.8 Å². The van der Waals surface area contributed by atoms with E-state index in [4.69, 9.17) is 12.2 Å². The van der Waals surface area contributed by atoms with Crippen molar-refractivity contribution >= 4 is 35.5 Å². The molecule has 0 spiro atoms. The fraction of sp³-hybridized carbons (Fsp3) is 0.200. The fourth-order valence-electron chi connectivity index (χ4n) is 2.99. The molecule has 2 N–H and O–H groups in total. The molecule has 0 unspecified atom stereocenters. The predicted octanol–water partition coefficient (Wildman–Crippen LogP) is 3.83. The Morgan fingerprint density at radius 2 is 2.07 bits per heavy atom. The second-order valence-electron chi connectivity index (χ2n) is 6.38. The minimum absolute atomic E-state index is 0.140. The van der Waals surface area contributed by atoms with Gasteiger partial charge in [0.25, 0.3) is 5.91 Å². The highest BCUT2D eigenvalue weighted by molar-refractivity contribution is 7.98. The van der Waals surface area contributed by atoms with Crippen molar-refractivity contribution in [2.24, 2.45) is 0 Å². The molecule has 1 amide bonds. The van der Waals surface area contributed by atoms with Gasteiger partial charge >= 0.3 is 0 Å². The Morgan fingerprint density at radius 1 is 1.24 bits per heavy atom. The minimum atomic E-state index is -0.140. The highest BCUT2D eigenvalue weighted by Gasteiger charge is 2.09. The van der Waals surface area contributed by atoms with Gasteiger partial charge in [-0.25, -0.2) is 4.98 Å². The van der Waals surface area contributed by atoms with Gasteiger partial charge in [0.2, 0.25) is 0 Å². The Labute approximate surface area is 177 Å². The van der Waals surface area contributed by atoms with Crippen molar-refractivity contribution in [1.82, 2.24) is 29.5 Å². The van der Waals surface area contributed by atoms with Crippen LogP contribution in [0.25, 0.3) is 5.65 Å². The minimum Gasteiger partial charge on any atom is -0.345 e. The average molecular weight is 425 g/mol. The van der Waals surface area contributed by atoms with E-state index in [-0.39, 0.29) is 5.91 Å². The van der Waals surface area contributed by atoms with Gasteiger partial charge in [-0.2, -0.15) is 5.10 Å². The topological polar surface area (TPSA) is 80.0 Å². The second-order valence-corrected chi connectivity index (χ2v) is 7.82. The third-order valence-corrected chi connectivity index (χ3v) is 5.83. The molecule has 0 atom stereocenters. The molecule has 4 aromatic rings. The van der Waals surface area contributed by atoms with Crippen LogP contribution in [0.1, 0.15) is 28.8 Å². The van der Waals surface area contributed by atoms with Crippen molar-refractivity contribution in [3.05, 3.63) is 76.7 Å². The van der Waals surface area contributed by atoms with Crippen molar-refractivity contribution in [3.63, 3.8) is 0 Å². The number of hydrogen-bond donors (Lipinski definition) is 2. The highest BCUT2D eigenvalue weighted by atomic mass is 32.2. The normalized spacial score (nSPS) is 11.1. The quantitative estimate of drug-likeness (QED) is 0.348. The van der Waals surface area contributed by atoms with Crippen molar-refractivity contribution in [2.45, 2.75) is 30.7 Å². The summed E-state index contributed by atoms with van der Waals surface area (Å²) in [5, 5.41) is 9.79. The van der Waals surface area contributed by atoms with Gasteiger partial charge in [0.05, 0.1) is 12.2 Å². The lowest BCUT2D eigenvalue weighted by atomic mass is 10.2. The maximum Gasteiger partial charge on any atom is 0.251 e. The molecule has 3 aromatic heterocycles. The summed E-state index contributed by atoms with van der Waals surface area (Å²) in [5.74, 6) is 1.34. The van der Waals surface area contributed by atoms with E-state index in [2.05, 4.69) is 20.5 Å². The molecule has 0 saturated carbocycles. The number of aromatic nitrogens is 5. The van der Waals surface area contributed by atoms with E-state index in [0.29, 0.717) is 29.2 Å². The Bertz CT molecular complexity index is 1160. The molecule has 0 aliphatic rings. The molecule has 0 aliphatic heterocycles. The largest absolute Gasteiger partial charge is 0.345 e. The standard InChI is InChI=1S/C20H20N6OS2/c1-2-26-18(23-24-20(26)28)11-21-19(27)14-6-8-16(9-7-14)29-13-15-12-25-10-4-3-5-17(25)22-15/h3-10,12H,2,11,13H2,1H3,(H,21,27)(H,24,28). The van der Waals surface area contributed by atoms with Gasteiger partial charge in [-0.05, 0) is 55.5 Å². The molecular formula is C20H20N6OS2. The fourth-order valence-corrected chi connectivity index (χ4v) is 4.05. The number of benzene rings is 1. The number of thioether (sulfide) groups is 1.